The first-order valence-electron chi connectivity index (χ1n) is 5.61. The van der Waals surface area contributed by atoms with Crippen LogP contribution in [0.4, 0.5) is 0 Å². The largest absolute Gasteiger partial charge is 0.475 e. The van der Waals surface area contributed by atoms with Crippen LogP contribution in [0.25, 0.3) is 0 Å². The molecular formula is C10H11BrN2O6S. The summed E-state index contributed by atoms with van der Waals surface area (Å²) in [5, 5.41) is 11.3. The maximum absolute atomic E-state index is 11.9. The van der Waals surface area contributed by atoms with E-state index in [0.717, 1.165) is 18.9 Å². The molecule has 10 heteroatoms. The Balaban J connectivity index is 2.05. The van der Waals surface area contributed by atoms with E-state index in [9.17, 15) is 18.0 Å². The van der Waals surface area contributed by atoms with Gasteiger partial charge in [-0.25, -0.2) is 17.9 Å². The van der Waals surface area contributed by atoms with Crippen LogP contribution in [0.15, 0.2) is 20.0 Å². The predicted octanol–water partition coefficient (Wildman–Crippen LogP) is 0.297. The highest BCUT2D eigenvalue weighted by atomic mass is 79.9. The third kappa shape index (κ3) is 3.58. The summed E-state index contributed by atoms with van der Waals surface area (Å²) >= 11 is 2.83. The number of sulfonamides is 1. The zero-order valence-corrected chi connectivity index (χ0v) is 12.5. The molecule has 8 nitrogen and oxygen atoms in total. The highest BCUT2D eigenvalue weighted by Crippen LogP contribution is 2.26. The minimum atomic E-state index is -4.03. The van der Waals surface area contributed by atoms with Crippen molar-refractivity contribution in [2.45, 2.75) is 23.8 Å². The zero-order valence-electron chi connectivity index (χ0n) is 10.1. The summed E-state index contributed by atoms with van der Waals surface area (Å²) in [4.78, 5) is 21.7. The van der Waals surface area contributed by atoms with Gasteiger partial charge in [-0.2, -0.15) is 0 Å². The fourth-order valence-electron chi connectivity index (χ4n) is 1.39. The maximum Gasteiger partial charge on any atom is 0.371 e. The van der Waals surface area contributed by atoms with E-state index in [0.29, 0.717) is 0 Å². The highest BCUT2D eigenvalue weighted by molar-refractivity contribution is 9.10. The Hall–Kier alpha value is -1.39. The molecule has 1 saturated carbocycles. The Morgan fingerprint density at radius 3 is 2.60 bits per heavy atom. The van der Waals surface area contributed by atoms with Gasteiger partial charge in [0.1, 0.15) is 4.90 Å². The smallest absolute Gasteiger partial charge is 0.371 e. The number of amides is 1. The number of aromatic carboxylic acids is 1. The number of nitrogens with one attached hydrogen (secondary N) is 2. The summed E-state index contributed by atoms with van der Waals surface area (Å²) in [5.41, 5.74) is 0. The normalized spacial score (nSPS) is 15.1. The molecule has 1 fully saturated rings. The third-order valence-corrected chi connectivity index (χ3v) is 4.78. The fraction of sp³-hybridized carbons (Fsp3) is 0.400. The first-order chi connectivity index (χ1) is 9.29. The van der Waals surface area contributed by atoms with Gasteiger partial charge in [-0.15, -0.1) is 0 Å². The second kappa shape index (κ2) is 5.54. The molecular weight excluding hydrogens is 356 g/mol. The molecule has 1 aromatic rings. The van der Waals surface area contributed by atoms with E-state index in [1.165, 1.54) is 0 Å². The molecule has 3 N–H and O–H groups in total. The molecule has 1 aromatic heterocycles. The van der Waals surface area contributed by atoms with Crippen molar-refractivity contribution in [2.24, 2.45) is 0 Å². The number of hydrogen-bond donors (Lipinski definition) is 3. The number of halogens is 1. The van der Waals surface area contributed by atoms with Gasteiger partial charge in [-0.05, 0) is 28.8 Å². The summed E-state index contributed by atoms with van der Waals surface area (Å²) in [5.74, 6) is -2.34. The quantitative estimate of drug-likeness (QED) is 0.664. The first kappa shape index (κ1) is 15.0. The number of carboxylic acid groups (broad SMARTS) is 1. The topological polar surface area (TPSA) is 126 Å². The van der Waals surface area contributed by atoms with Crippen LogP contribution in [0.5, 0.6) is 0 Å². The fourth-order valence-corrected chi connectivity index (χ4v) is 3.31. The Kier molecular flexibility index (Phi) is 4.16. The van der Waals surface area contributed by atoms with Crippen molar-refractivity contribution in [3.63, 3.8) is 0 Å². The van der Waals surface area contributed by atoms with Gasteiger partial charge in [-0.3, -0.25) is 4.79 Å². The van der Waals surface area contributed by atoms with Crippen molar-refractivity contribution in [2.75, 3.05) is 6.54 Å². The van der Waals surface area contributed by atoms with Crippen LogP contribution in [0.2, 0.25) is 0 Å². The third-order valence-electron chi connectivity index (χ3n) is 2.52. The molecule has 1 aliphatic carbocycles. The van der Waals surface area contributed by atoms with Gasteiger partial charge >= 0.3 is 5.97 Å². The zero-order chi connectivity index (χ0) is 14.9. The van der Waals surface area contributed by atoms with E-state index < -0.39 is 34.2 Å². The van der Waals surface area contributed by atoms with E-state index in [1.807, 2.05) is 0 Å². The molecule has 20 heavy (non-hydrogen) atoms. The van der Waals surface area contributed by atoms with Gasteiger partial charge in [0.05, 0.1) is 6.54 Å². The molecule has 0 radical (unpaired) electrons. The summed E-state index contributed by atoms with van der Waals surface area (Å²) in [6, 6.07) is 0.999. The van der Waals surface area contributed by atoms with E-state index in [-0.39, 0.29) is 15.6 Å². The second-order valence-corrected chi connectivity index (χ2v) is 6.68. The van der Waals surface area contributed by atoms with Crippen molar-refractivity contribution in [1.29, 1.82) is 0 Å². The van der Waals surface area contributed by atoms with Crippen LogP contribution in [0, 0.1) is 0 Å². The number of rotatable bonds is 6. The van der Waals surface area contributed by atoms with Gasteiger partial charge < -0.3 is 14.8 Å². The number of carboxylic acids is 1. The SMILES string of the molecule is O=C(CNS(=O)(=O)c1cc(C(=O)O)oc1Br)NC1CC1. The minimum Gasteiger partial charge on any atom is -0.475 e. The highest BCUT2D eigenvalue weighted by Gasteiger charge is 2.27. The number of carbonyl (C=O) groups is 2. The van der Waals surface area contributed by atoms with Gasteiger partial charge in [0, 0.05) is 12.1 Å². The van der Waals surface area contributed by atoms with Crippen molar-refractivity contribution in [1.82, 2.24) is 10.0 Å². The number of furan rings is 1. The van der Waals surface area contributed by atoms with Crippen LogP contribution in [0.1, 0.15) is 23.4 Å². The molecule has 0 unspecified atom stereocenters. The summed E-state index contributed by atoms with van der Waals surface area (Å²) in [7, 11) is -4.03. The van der Waals surface area contributed by atoms with Crippen molar-refractivity contribution in [3.8, 4) is 0 Å². The lowest BCUT2D eigenvalue weighted by Crippen LogP contribution is -2.37. The van der Waals surface area contributed by atoms with Crippen molar-refractivity contribution in [3.05, 3.63) is 16.5 Å². The standard InChI is InChI=1S/C10H11BrN2O6S/c11-9-7(3-6(19-9)10(15)16)20(17,18)12-4-8(14)13-5-1-2-5/h3,5,12H,1-2,4H2,(H,13,14)(H,15,16). The predicted molar refractivity (Wildman–Crippen MR) is 69.7 cm³/mol. The summed E-state index contributed by atoms with van der Waals surface area (Å²) in [6.45, 7) is -0.418. The molecule has 0 bridgehead atoms. The van der Waals surface area contributed by atoms with Crippen molar-refractivity contribution >= 4 is 37.8 Å². The molecule has 0 aliphatic heterocycles. The molecule has 2 rings (SSSR count). The summed E-state index contributed by atoms with van der Waals surface area (Å²) < 4.78 is 30.4. The Bertz CT molecular complexity index is 649. The average molecular weight is 367 g/mol. The average Bonchev–Trinajstić information content (AvgIpc) is 3.06. The molecule has 0 spiro atoms. The number of carbonyl (C=O) groups excluding carboxylic acids is 1. The lowest BCUT2D eigenvalue weighted by atomic mass is 10.5. The van der Waals surface area contributed by atoms with Gasteiger partial charge in [0.2, 0.25) is 21.7 Å². The Morgan fingerprint density at radius 1 is 1.45 bits per heavy atom. The van der Waals surface area contributed by atoms with Crippen LogP contribution in [-0.2, 0) is 14.8 Å². The number of hydrogen-bond acceptors (Lipinski definition) is 5. The van der Waals surface area contributed by atoms with Crippen LogP contribution >= 0.6 is 15.9 Å². The van der Waals surface area contributed by atoms with E-state index in [4.69, 9.17) is 9.52 Å². The molecule has 0 saturated heterocycles. The maximum atomic E-state index is 11.9. The molecule has 110 valence electrons. The molecule has 0 aromatic carbocycles. The van der Waals surface area contributed by atoms with Crippen LogP contribution < -0.4 is 10.0 Å². The summed E-state index contributed by atoms with van der Waals surface area (Å²) in [6.07, 6.45) is 1.79. The lowest BCUT2D eigenvalue weighted by Gasteiger charge is -2.05. The minimum absolute atomic E-state index is 0.131. The van der Waals surface area contributed by atoms with E-state index in [2.05, 4.69) is 26.0 Å². The first-order valence-corrected chi connectivity index (χ1v) is 7.89. The Morgan fingerprint density at radius 2 is 2.10 bits per heavy atom. The molecule has 1 amide bonds. The van der Waals surface area contributed by atoms with Crippen LogP contribution in [0.3, 0.4) is 0 Å². The molecule has 1 heterocycles. The Labute approximate surface area is 122 Å². The van der Waals surface area contributed by atoms with Gasteiger partial charge in [-0.1, -0.05) is 0 Å². The second-order valence-electron chi connectivity index (χ2n) is 4.22. The van der Waals surface area contributed by atoms with Gasteiger partial charge in [0.15, 0.2) is 4.67 Å². The van der Waals surface area contributed by atoms with Crippen molar-refractivity contribution < 1.29 is 27.5 Å². The van der Waals surface area contributed by atoms with E-state index in [1.54, 1.807) is 0 Å². The van der Waals surface area contributed by atoms with Crippen LogP contribution in [-0.4, -0.2) is 38.0 Å². The lowest BCUT2D eigenvalue weighted by molar-refractivity contribution is -0.120. The molecule has 1 aliphatic rings. The molecule has 0 atom stereocenters. The monoisotopic (exact) mass is 366 g/mol. The van der Waals surface area contributed by atoms with E-state index >= 15 is 0 Å². The van der Waals surface area contributed by atoms with Gasteiger partial charge in [0.25, 0.3) is 0 Å².